The lowest BCUT2D eigenvalue weighted by Crippen LogP contribution is -2.47. The SMILES string of the molecule is CC(C(=O)NCc1ccc(CN2CCOCC2)cc1)N(c1cc(Cl)cc(Cl)c1)S(C)(=O)=O. The average molecular weight is 500 g/mol. The zero-order valence-electron chi connectivity index (χ0n) is 18.1. The molecule has 0 spiro atoms. The zero-order chi connectivity index (χ0) is 23.3. The highest BCUT2D eigenvalue weighted by atomic mass is 35.5. The van der Waals surface area contributed by atoms with Crippen molar-refractivity contribution in [2.75, 3.05) is 36.9 Å². The number of morpholine rings is 1. The Hall–Kier alpha value is -1.84. The molecule has 32 heavy (non-hydrogen) atoms. The van der Waals surface area contributed by atoms with Crippen LogP contribution in [0.15, 0.2) is 42.5 Å². The molecule has 0 saturated carbocycles. The molecule has 0 aliphatic carbocycles. The molecule has 2 aromatic carbocycles. The Balaban J connectivity index is 1.63. The minimum absolute atomic E-state index is 0.236. The van der Waals surface area contributed by atoms with E-state index >= 15 is 0 Å². The van der Waals surface area contributed by atoms with Crippen molar-refractivity contribution in [1.82, 2.24) is 10.2 Å². The van der Waals surface area contributed by atoms with Gasteiger partial charge in [-0.15, -0.1) is 0 Å². The van der Waals surface area contributed by atoms with Crippen LogP contribution in [0.5, 0.6) is 0 Å². The molecule has 0 radical (unpaired) electrons. The van der Waals surface area contributed by atoms with Crippen LogP contribution in [-0.2, 0) is 32.6 Å². The van der Waals surface area contributed by atoms with Crippen molar-refractivity contribution in [3.63, 3.8) is 0 Å². The molecule has 10 heteroatoms. The largest absolute Gasteiger partial charge is 0.379 e. The van der Waals surface area contributed by atoms with E-state index < -0.39 is 22.0 Å². The average Bonchev–Trinajstić information content (AvgIpc) is 2.72. The number of nitrogens with one attached hydrogen (secondary N) is 1. The quantitative estimate of drug-likeness (QED) is 0.602. The maximum absolute atomic E-state index is 12.8. The van der Waals surface area contributed by atoms with E-state index in [2.05, 4.69) is 10.2 Å². The van der Waals surface area contributed by atoms with E-state index in [-0.39, 0.29) is 22.3 Å². The normalized spacial score (nSPS) is 15.9. The summed E-state index contributed by atoms with van der Waals surface area (Å²) in [7, 11) is -3.76. The molecule has 0 bridgehead atoms. The third-order valence-corrected chi connectivity index (χ3v) is 6.87. The van der Waals surface area contributed by atoms with Crippen molar-refractivity contribution < 1.29 is 17.9 Å². The Morgan fingerprint density at radius 2 is 1.66 bits per heavy atom. The molecule has 3 rings (SSSR count). The van der Waals surface area contributed by atoms with Gasteiger partial charge in [-0.2, -0.15) is 0 Å². The van der Waals surface area contributed by atoms with Gasteiger partial charge in [0, 0.05) is 36.2 Å². The van der Waals surface area contributed by atoms with E-state index in [1.807, 2.05) is 24.3 Å². The van der Waals surface area contributed by atoms with Crippen LogP contribution in [0.2, 0.25) is 10.0 Å². The summed E-state index contributed by atoms with van der Waals surface area (Å²) in [4.78, 5) is 15.1. The smallest absolute Gasteiger partial charge is 0.243 e. The van der Waals surface area contributed by atoms with E-state index in [9.17, 15) is 13.2 Å². The summed E-state index contributed by atoms with van der Waals surface area (Å²) in [6.07, 6.45) is 1.04. The van der Waals surface area contributed by atoms with E-state index in [4.69, 9.17) is 27.9 Å². The highest BCUT2D eigenvalue weighted by molar-refractivity contribution is 7.92. The monoisotopic (exact) mass is 499 g/mol. The summed E-state index contributed by atoms with van der Waals surface area (Å²) in [5.74, 6) is -0.427. The predicted molar refractivity (Wildman–Crippen MR) is 128 cm³/mol. The van der Waals surface area contributed by atoms with E-state index in [1.54, 1.807) is 0 Å². The van der Waals surface area contributed by atoms with Crippen molar-refractivity contribution in [2.45, 2.75) is 26.1 Å². The highest BCUT2D eigenvalue weighted by Crippen LogP contribution is 2.28. The van der Waals surface area contributed by atoms with Gasteiger partial charge in [-0.3, -0.25) is 14.0 Å². The minimum Gasteiger partial charge on any atom is -0.379 e. The van der Waals surface area contributed by atoms with Crippen LogP contribution >= 0.6 is 23.2 Å². The molecular formula is C22H27Cl2N3O4S. The Kier molecular flexibility index (Phi) is 8.41. The first-order valence-electron chi connectivity index (χ1n) is 10.2. The molecule has 1 unspecified atom stereocenters. The number of carbonyl (C=O) groups is 1. The molecule has 174 valence electrons. The van der Waals surface area contributed by atoms with Crippen molar-refractivity contribution in [1.29, 1.82) is 0 Å². The molecule has 1 heterocycles. The topological polar surface area (TPSA) is 79.0 Å². The van der Waals surface area contributed by atoms with Crippen LogP contribution in [0.25, 0.3) is 0 Å². The number of amides is 1. The first-order chi connectivity index (χ1) is 15.1. The standard InChI is InChI=1S/C22H27Cl2N3O4S/c1-16(27(32(2,29)30)21-12-19(23)11-20(24)13-21)22(28)25-14-17-3-5-18(6-4-17)15-26-7-9-31-10-8-26/h3-6,11-13,16H,7-10,14-15H2,1-2H3,(H,25,28). The molecule has 1 N–H and O–H groups in total. The second kappa shape index (κ2) is 10.9. The van der Waals surface area contributed by atoms with Gasteiger partial charge in [0.25, 0.3) is 0 Å². The number of halogens is 2. The fraction of sp³-hybridized carbons (Fsp3) is 0.409. The van der Waals surface area contributed by atoms with Gasteiger partial charge in [-0.1, -0.05) is 47.5 Å². The van der Waals surface area contributed by atoms with Gasteiger partial charge in [0.15, 0.2) is 0 Å². The second-order valence-corrected chi connectivity index (χ2v) is 10.5. The Bertz CT molecular complexity index is 1020. The summed E-state index contributed by atoms with van der Waals surface area (Å²) in [5, 5.41) is 3.38. The first-order valence-corrected chi connectivity index (χ1v) is 12.8. The lowest BCUT2D eigenvalue weighted by Gasteiger charge is -2.28. The van der Waals surface area contributed by atoms with Crippen LogP contribution in [0.1, 0.15) is 18.1 Å². The van der Waals surface area contributed by atoms with Gasteiger partial charge in [0.05, 0.1) is 25.2 Å². The van der Waals surface area contributed by atoms with Gasteiger partial charge in [-0.25, -0.2) is 8.42 Å². The number of rotatable bonds is 8. The number of nitrogens with zero attached hydrogens (tertiary/aromatic N) is 2. The molecule has 1 saturated heterocycles. The summed E-state index contributed by atoms with van der Waals surface area (Å²) in [5.41, 5.74) is 2.35. The van der Waals surface area contributed by atoms with Gasteiger partial charge in [0.2, 0.25) is 15.9 Å². The number of carbonyl (C=O) groups excluding carboxylic acids is 1. The highest BCUT2D eigenvalue weighted by Gasteiger charge is 2.29. The first kappa shape index (κ1) is 24.8. The zero-order valence-corrected chi connectivity index (χ0v) is 20.4. The van der Waals surface area contributed by atoms with Crippen molar-refractivity contribution >= 4 is 44.8 Å². The Labute approximate surface area is 199 Å². The molecule has 1 aliphatic heterocycles. The summed E-state index contributed by atoms with van der Waals surface area (Å²) in [6, 6.07) is 11.4. The van der Waals surface area contributed by atoms with Crippen molar-refractivity contribution in [2.24, 2.45) is 0 Å². The number of benzene rings is 2. The molecule has 7 nitrogen and oxygen atoms in total. The van der Waals surface area contributed by atoms with Gasteiger partial charge >= 0.3 is 0 Å². The van der Waals surface area contributed by atoms with Gasteiger partial charge in [0.1, 0.15) is 6.04 Å². The lowest BCUT2D eigenvalue weighted by molar-refractivity contribution is -0.122. The van der Waals surface area contributed by atoms with Crippen molar-refractivity contribution in [3.8, 4) is 0 Å². The van der Waals surface area contributed by atoms with Gasteiger partial charge in [-0.05, 0) is 36.2 Å². The van der Waals surface area contributed by atoms with Gasteiger partial charge < -0.3 is 10.1 Å². The maximum atomic E-state index is 12.8. The number of hydrogen-bond donors (Lipinski definition) is 1. The number of anilines is 1. The van der Waals surface area contributed by atoms with Crippen LogP contribution in [-0.4, -0.2) is 57.8 Å². The van der Waals surface area contributed by atoms with Crippen LogP contribution < -0.4 is 9.62 Å². The number of hydrogen-bond acceptors (Lipinski definition) is 5. The van der Waals surface area contributed by atoms with E-state index in [0.29, 0.717) is 0 Å². The summed E-state index contributed by atoms with van der Waals surface area (Å²) >= 11 is 12.1. The third-order valence-electron chi connectivity index (χ3n) is 5.19. The number of ether oxygens (including phenoxy) is 1. The molecule has 1 aliphatic rings. The molecule has 1 atom stereocenters. The molecule has 1 fully saturated rings. The summed E-state index contributed by atoms with van der Waals surface area (Å²) in [6.45, 7) is 6.03. The number of sulfonamides is 1. The van der Waals surface area contributed by atoms with E-state index in [1.165, 1.54) is 30.7 Å². The predicted octanol–water partition coefficient (Wildman–Crippen LogP) is 3.30. The molecule has 1 amide bonds. The molecular weight excluding hydrogens is 473 g/mol. The second-order valence-electron chi connectivity index (χ2n) is 7.79. The van der Waals surface area contributed by atoms with Crippen LogP contribution in [0, 0.1) is 0 Å². The summed E-state index contributed by atoms with van der Waals surface area (Å²) < 4.78 is 31.2. The Morgan fingerprint density at radius 3 is 2.22 bits per heavy atom. The van der Waals surface area contributed by atoms with Crippen LogP contribution in [0.4, 0.5) is 5.69 Å². The third kappa shape index (κ3) is 6.83. The molecule has 2 aromatic rings. The maximum Gasteiger partial charge on any atom is 0.243 e. The van der Waals surface area contributed by atoms with Crippen LogP contribution in [0.3, 0.4) is 0 Å². The fourth-order valence-corrected chi connectivity index (χ4v) is 5.27. The minimum atomic E-state index is -3.76. The van der Waals surface area contributed by atoms with E-state index in [0.717, 1.165) is 49.0 Å². The fourth-order valence-electron chi connectivity index (χ4n) is 3.59. The lowest BCUT2D eigenvalue weighted by atomic mass is 10.1. The Morgan fingerprint density at radius 1 is 1.09 bits per heavy atom. The molecule has 0 aromatic heterocycles. The van der Waals surface area contributed by atoms with Crippen molar-refractivity contribution in [3.05, 3.63) is 63.6 Å².